The van der Waals surface area contributed by atoms with E-state index in [-0.39, 0.29) is 17.4 Å². The highest BCUT2D eigenvalue weighted by Gasteiger charge is 2.07. The number of amides is 1. The first-order chi connectivity index (χ1) is 4.95. The van der Waals surface area contributed by atoms with Crippen LogP contribution in [-0.4, -0.2) is 11.7 Å². The molecule has 0 saturated carbocycles. The van der Waals surface area contributed by atoms with Gasteiger partial charge in [0.05, 0.1) is 5.70 Å². The van der Waals surface area contributed by atoms with Crippen LogP contribution in [0.3, 0.4) is 0 Å². The van der Waals surface area contributed by atoms with Crippen molar-refractivity contribution in [3.63, 3.8) is 0 Å². The van der Waals surface area contributed by atoms with Gasteiger partial charge in [0.25, 0.3) is 0 Å². The molecule has 0 bridgehead atoms. The molecule has 0 aliphatic rings. The number of allylic oxidation sites excluding steroid dienone is 2. The zero-order chi connectivity index (χ0) is 9.02. The summed E-state index contributed by atoms with van der Waals surface area (Å²) in [5, 5.41) is 2.64. The summed E-state index contributed by atoms with van der Waals surface area (Å²) in [5.41, 5.74) is 0.166. The number of halogens is 1. The lowest BCUT2D eigenvalue weighted by atomic mass is 10.3. The van der Waals surface area contributed by atoms with Gasteiger partial charge >= 0.3 is 0 Å². The van der Waals surface area contributed by atoms with Crippen LogP contribution < -0.4 is 5.32 Å². The van der Waals surface area contributed by atoms with Crippen molar-refractivity contribution in [2.24, 2.45) is 0 Å². The molecule has 0 spiro atoms. The van der Waals surface area contributed by atoms with Crippen molar-refractivity contribution in [1.82, 2.24) is 5.32 Å². The van der Waals surface area contributed by atoms with Crippen molar-refractivity contribution >= 4 is 23.3 Å². The van der Waals surface area contributed by atoms with E-state index >= 15 is 0 Å². The molecule has 0 heterocycles. The average Bonchev–Trinajstić information content (AvgIpc) is 1.81. The summed E-state index contributed by atoms with van der Waals surface area (Å²) in [4.78, 5) is 21.3. The number of rotatable bonds is 2. The largest absolute Gasteiger partial charge is 0.322 e. The monoisotopic (exact) mass is 175 g/mol. The zero-order valence-electron chi connectivity index (χ0n) is 6.69. The van der Waals surface area contributed by atoms with Crippen molar-refractivity contribution in [2.75, 3.05) is 0 Å². The second kappa shape index (κ2) is 4.13. The van der Waals surface area contributed by atoms with Gasteiger partial charge in [-0.3, -0.25) is 9.59 Å². The maximum atomic E-state index is 10.8. The van der Waals surface area contributed by atoms with E-state index in [1.807, 2.05) is 0 Å². The van der Waals surface area contributed by atoms with E-state index in [0.29, 0.717) is 5.03 Å². The molecule has 0 atom stereocenters. The number of hydrogen-bond acceptors (Lipinski definition) is 2. The second-order valence-electron chi connectivity index (χ2n) is 2.15. The Balaban J connectivity index is 4.52. The van der Waals surface area contributed by atoms with E-state index in [1.165, 1.54) is 13.8 Å². The van der Waals surface area contributed by atoms with Crippen LogP contribution in [0, 0.1) is 0 Å². The molecule has 11 heavy (non-hydrogen) atoms. The Morgan fingerprint density at radius 3 is 1.73 bits per heavy atom. The maximum Gasteiger partial charge on any atom is 0.221 e. The van der Waals surface area contributed by atoms with Gasteiger partial charge in [0.2, 0.25) is 5.91 Å². The summed E-state index contributed by atoms with van der Waals surface area (Å²) in [5.74, 6) is -0.539. The SMILES string of the molecule is CC(=O)N/C(C(C)=O)=C(\C)Cl. The van der Waals surface area contributed by atoms with Crippen molar-refractivity contribution in [3.8, 4) is 0 Å². The van der Waals surface area contributed by atoms with Crippen LogP contribution in [0.25, 0.3) is 0 Å². The van der Waals surface area contributed by atoms with E-state index in [2.05, 4.69) is 5.32 Å². The third-order valence-corrected chi connectivity index (χ3v) is 1.19. The molecule has 0 radical (unpaired) electrons. The zero-order valence-corrected chi connectivity index (χ0v) is 7.45. The molecule has 0 rings (SSSR count). The van der Waals surface area contributed by atoms with Gasteiger partial charge in [-0.1, -0.05) is 11.6 Å². The lowest BCUT2D eigenvalue weighted by Crippen LogP contribution is -2.24. The fraction of sp³-hybridized carbons (Fsp3) is 0.429. The lowest BCUT2D eigenvalue weighted by molar-refractivity contribution is -0.121. The third-order valence-electron chi connectivity index (χ3n) is 0.998. The molecule has 3 nitrogen and oxygen atoms in total. The summed E-state index contributed by atoms with van der Waals surface area (Å²) in [6, 6.07) is 0. The van der Waals surface area contributed by atoms with Crippen LogP contribution in [0.1, 0.15) is 20.8 Å². The quantitative estimate of drug-likeness (QED) is 0.641. The van der Waals surface area contributed by atoms with Crippen LogP contribution in [0.4, 0.5) is 0 Å². The summed E-state index contributed by atoms with van der Waals surface area (Å²) < 4.78 is 0. The van der Waals surface area contributed by atoms with E-state index < -0.39 is 0 Å². The molecule has 0 aromatic rings. The van der Waals surface area contributed by atoms with Gasteiger partial charge in [-0.15, -0.1) is 0 Å². The minimum absolute atomic E-state index is 0.166. The fourth-order valence-electron chi connectivity index (χ4n) is 0.593. The number of nitrogens with one attached hydrogen (secondary N) is 1. The van der Waals surface area contributed by atoms with Gasteiger partial charge in [0, 0.05) is 18.9 Å². The molecule has 4 heteroatoms. The van der Waals surface area contributed by atoms with Crippen LogP contribution in [0.15, 0.2) is 10.7 Å². The normalized spacial score (nSPS) is 12.0. The van der Waals surface area contributed by atoms with Crippen molar-refractivity contribution < 1.29 is 9.59 Å². The Kier molecular flexibility index (Phi) is 3.82. The number of ketones is 1. The molecule has 0 aromatic carbocycles. The van der Waals surface area contributed by atoms with E-state index in [9.17, 15) is 9.59 Å². The molecule has 0 fully saturated rings. The van der Waals surface area contributed by atoms with E-state index in [4.69, 9.17) is 11.6 Å². The van der Waals surface area contributed by atoms with Crippen LogP contribution in [0.2, 0.25) is 0 Å². The van der Waals surface area contributed by atoms with Crippen LogP contribution in [-0.2, 0) is 9.59 Å². The molecule has 0 aliphatic carbocycles. The molecule has 0 aliphatic heterocycles. The maximum absolute atomic E-state index is 10.8. The molecule has 0 unspecified atom stereocenters. The van der Waals surface area contributed by atoms with Crippen LogP contribution in [0.5, 0.6) is 0 Å². The molecule has 0 aromatic heterocycles. The van der Waals surface area contributed by atoms with Gasteiger partial charge in [-0.2, -0.15) is 0 Å². The Morgan fingerprint density at radius 2 is 1.64 bits per heavy atom. The first kappa shape index (κ1) is 10.2. The summed E-state index contributed by atoms with van der Waals surface area (Å²) >= 11 is 5.53. The summed E-state index contributed by atoms with van der Waals surface area (Å²) in [6.07, 6.45) is 0. The first-order valence-electron chi connectivity index (χ1n) is 3.10. The minimum atomic E-state index is -0.296. The van der Waals surface area contributed by atoms with Crippen molar-refractivity contribution in [3.05, 3.63) is 10.7 Å². The molecule has 62 valence electrons. The van der Waals surface area contributed by atoms with Gasteiger partial charge in [-0.25, -0.2) is 0 Å². The predicted octanol–water partition coefficient (Wildman–Crippen LogP) is 1.18. The highest BCUT2D eigenvalue weighted by atomic mass is 35.5. The Morgan fingerprint density at radius 1 is 1.18 bits per heavy atom. The first-order valence-corrected chi connectivity index (χ1v) is 3.48. The Hall–Kier alpha value is -0.830. The van der Waals surface area contributed by atoms with Gasteiger partial charge in [-0.05, 0) is 6.92 Å². The lowest BCUT2D eigenvalue weighted by Gasteiger charge is -2.03. The topological polar surface area (TPSA) is 46.2 Å². The molecule has 1 N–H and O–H groups in total. The summed E-state index contributed by atoms with van der Waals surface area (Å²) in [6.45, 7) is 4.22. The highest BCUT2D eigenvalue weighted by Crippen LogP contribution is 2.05. The predicted molar refractivity (Wildman–Crippen MR) is 43.1 cm³/mol. The van der Waals surface area contributed by atoms with Gasteiger partial charge in [0.1, 0.15) is 0 Å². The van der Waals surface area contributed by atoms with Crippen LogP contribution >= 0.6 is 11.6 Å². The number of hydrogen-bond donors (Lipinski definition) is 1. The Labute approximate surface area is 70.4 Å². The number of carbonyl (C=O) groups excluding carboxylic acids is 2. The standard InChI is InChI=1S/C7H10ClNO2/c1-4(8)7(5(2)10)9-6(3)11/h1-3H3,(H,9,11)/b7-4+. The van der Waals surface area contributed by atoms with E-state index in [1.54, 1.807) is 6.92 Å². The molecular formula is C7H10ClNO2. The summed E-state index contributed by atoms with van der Waals surface area (Å²) in [7, 11) is 0. The number of Topliss-reactive ketones (excluding diaryl/α,β-unsaturated/α-hetero) is 1. The molecular weight excluding hydrogens is 166 g/mol. The fourth-order valence-corrected chi connectivity index (χ4v) is 0.773. The smallest absolute Gasteiger partial charge is 0.221 e. The second-order valence-corrected chi connectivity index (χ2v) is 2.71. The molecule has 1 amide bonds. The minimum Gasteiger partial charge on any atom is -0.322 e. The number of carbonyl (C=O) groups is 2. The van der Waals surface area contributed by atoms with Crippen molar-refractivity contribution in [2.45, 2.75) is 20.8 Å². The highest BCUT2D eigenvalue weighted by molar-refractivity contribution is 6.31. The molecule has 0 saturated heterocycles. The average molecular weight is 176 g/mol. The Bertz CT molecular complexity index is 216. The van der Waals surface area contributed by atoms with Gasteiger partial charge < -0.3 is 5.32 Å². The van der Waals surface area contributed by atoms with Crippen molar-refractivity contribution in [1.29, 1.82) is 0 Å². The third kappa shape index (κ3) is 3.78. The van der Waals surface area contributed by atoms with Gasteiger partial charge in [0.15, 0.2) is 5.78 Å². The van der Waals surface area contributed by atoms with E-state index in [0.717, 1.165) is 0 Å².